The first-order valence-corrected chi connectivity index (χ1v) is 7.57. The molecular formula is C17H18BrF2N. The number of nitrogens with one attached hydrogen (secondary N) is 1. The Labute approximate surface area is 132 Å². The highest BCUT2D eigenvalue weighted by atomic mass is 79.9. The second-order valence-corrected chi connectivity index (χ2v) is 6.28. The number of anilines is 1. The van der Waals surface area contributed by atoms with Crippen LogP contribution in [-0.4, -0.2) is 0 Å². The van der Waals surface area contributed by atoms with Crippen LogP contribution in [0.2, 0.25) is 0 Å². The summed E-state index contributed by atoms with van der Waals surface area (Å²) < 4.78 is 28.6. The Hall–Kier alpha value is -1.42. The Balaban J connectivity index is 2.35. The van der Waals surface area contributed by atoms with E-state index in [1.54, 1.807) is 6.92 Å². The number of hydrogen-bond donors (Lipinski definition) is 1. The van der Waals surface area contributed by atoms with Gasteiger partial charge in [0.2, 0.25) is 0 Å². The molecule has 0 aliphatic carbocycles. The van der Waals surface area contributed by atoms with Crippen molar-refractivity contribution < 1.29 is 8.78 Å². The zero-order chi connectivity index (χ0) is 15.7. The smallest absolute Gasteiger partial charge is 0.128 e. The van der Waals surface area contributed by atoms with E-state index >= 15 is 0 Å². The third-order valence-electron chi connectivity index (χ3n) is 3.54. The molecule has 21 heavy (non-hydrogen) atoms. The number of aryl methyl sites for hydroxylation is 3. The topological polar surface area (TPSA) is 12.0 Å². The van der Waals surface area contributed by atoms with Gasteiger partial charge in [0.15, 0.2) is 0 Å². The van der Waals surface area contributed by atoms with Crippen molar-refractivity contribution in [2.45, 2.75) is 33.7 Å². The lowest BCUT2D eigenvalue weighted by Gasteiger charge is -2.20. The molecule has 0 heterocycles. The average molecular weight is 354 g/mol. The molecule has 1 unspecified atom stereocenters. The van der Waals surface area contributed by atoms with Crippen molar-refractivity contribution in [2.75, 3.05) is 5.32 Å². The van der Waals surface area contributed by atoms with Crippen LogP contribution < -0.4 is 5.32 Å². The van der Waals surface area contributed by atoms with E-state index in [4.69, 9.17) is 0 Å². The van der Waals surface area contributed by atoms with E-state index in [2.05, 4.69) is 21.2 Å². The van der Waals surface area contributed by atoms with E-state index in [0.717, 1.165) is 21.3 Å². The molecule has 4 heteroatoms. The summed E-state index contributed by atoms with van der Waals surface area (Å²) in [6.07, 6.45) is 0. The molecule has 0 bridgehead atoms. The summed E-state index contributed by atoms with van der Waals surface area (Å²) in [6, 6.07) is 6.21. The quantitative estimate of drug-likeness (QED) is 0.732. The summed E-state index contributed by atoms with van der Waals surface area (Å²) in [7, 11) is 0. The highest BCUT2D eigenvalue weighted by Crippen LogP contribution is 2.32. The van der Waals surface area contributed by atoms with Gasteiger partial charge in [0.05, 0.1) is 11.7 Å². The van der Waals surface area contributed by atoms with Crippen LogP contribution in [0.15, 0.2) is 28.7 Å². The molecule has 0 aliphatic heterocycles. The Kier molecular flexibility index (Phi) is 4.67. The fourth-order valence-electron chi connectivity index (χ4n) is 2.39. The fraction of sp³-hybridized carbons (Fsp3) is 0.294. The maximum absolute atomic E-state index is 14.0. The third-order valence-corrected chi connectivity index (χ3v) is 4.16. The number of rotatable bonds is 3. The molecule has 1 atom stereocenters. The molecule has 0 fully saturated rings. The van der Waals surface area contributed by atoms with E-state index in [1.807, 2.05) is 32.9 Å². The van der Waals surface area contributed by atoms with Crippen LogP contribution in [0.4, 0.5) is 14.5 Å². The Morgan fingerprint density at radius 1 is 0.952 bits per heavy atom. The average Bonchev–Trinajstić information content (AvgIpc) is 2.37. The highest BCUT2D eigenvalue weighted by molar-refractivity contribution is 9.10. The molecular weight excluding hydrogens is 336 g/mol. The summed E-state index contributed by atoms with van der Waals surface area (Å²) >= 11 is 3.51. The van der Waals surface area contributed by atoms with E-state index in [-0.39, 0.29) is 11.9 Å². The Morgan fingerprint density at radius 3 is 2.24 bits per heavy atom. The van der Waals surface area contributed by atoms with Crippen LogP contribution in [0.1, 0.15) is 35.2 Å². The van der Waals surface area contributed by atoms with Crippen molar-refractivity contribution in [2.24, 2.45) is 0 Å². The lowest BCUT2D eigenvalue weighted by atomic mass is 10.0. The molecule has 0 saturated carbocycles. The minimum absolute atomic E-state index is 0.316. The van der Waals surface area contributed by atoms with Gasteiger partial charge in [-0.25, -0.2) is 8.78 Å². The van der Waals surface area contributed by atoms with Gasteiger partial charge in [0.25, 0.3) is 0 Å². The predicted molar refractivity (Wildman–Crippen MR) is 86.7 cm³/mol. The molecule has 0 aromatic heterocycles. The molecule has 112 valence electrons. The first kappa shape index (κ1) is 16.0. The van der Waals surface area contributed by atoms with Crippen LogP contribution in [0.3, 0.4) is 0 Å². The van der Waals surface area contributed by atoms with Gasteiger partial charge in [-0.05, 0) is 78.5 Å². The standard InChI is InChI=1S/C17H18BrF2N/c1-9-5-11(3)17(14(18)6-9)21-12(4)13-8-15(19)10(2)7-16(13)20/h5-8,12,21H,1-4H3. The molecule has 2 aromatic rings. The van der Waals surface area contributed by atoms with Crippen LogP contribution in [-0.2, 0) is 0 Å². The summed E-state index contributed by atoms with van der Waals surface area (Å²) in [5.41, 5.74) is 3.74. The number of hydrogen-bond acceptors (Lipinski definition) is 1. The van der Waals surface area contributed by atoms with Gasteiger partial charge < -0.3 is 5.32 Å². The first-order valence-electron chi connectivity index (χ1n) is 6.78. The predicted octanol–water partition coefficient (Wildman–Crippen LogP) is 5.83. The van der Waals surface area contributed by atoms with Crippen molar-refractivity contribution in [3.63, 3.8) is 0 Å². The van der Waals surface area contributed by atoms with Gasteiger partial charge in [-0.15, -0.1) is 0 Å². The molecule has 0 spiro atoms. The fourth-order valence-corrected chi connectivity index (χ4v) is 3.17. The van der Waals surface area contributed by atoms with E-state index < -0.39 is 5.82 Å². The summed E-state index contributed by atoms with van der Waals surface area (Å²) in [6.45, 7) is 7.37. The summed E-state index contributed by atoms with van der Waals surface area (Å²) in [5, 5.41) is 3.26. The van der Waals surface area contributed by atoms with Gasteiger partial charge in [0, 0.05) is 10.0 Å². The van der Waals surface area contributed by atoms with Gasteiger partial charge in [-0.2, -0.15) is 0 Å². The van der Waals surface area contributed by atoms with Crippen molar-refractivity contribution in [3.8, 4) is 0 Å². The van der Waals surface area contributed by atoms with Crippen molar-refractivity contribution >= 4 is 21.6 Å². The normalized spacial score (nSPS) is 12.3. The molecule has 0 radical (unpaired) electrons. The summed E-state index contributed by atoms with van der Waals surface area (Å²) in [5.74, 6) is -0.783. The minimum Gasteiger partial charge on any atom is -0.377 e. The lowest BCUT2D eigenvalue weighted by molar-refractivity contribution is 0.571. The van der Waals surface area contributed by atoms with E-state index in [9.17, 15) is 8.78 Å². The first-order chi connectivity index (χ1) is 9.79. The van der Waals surface area contributed by atoms with Crippen LogP contribution in [0.5, 0.6) is 0 Å². The van der Waals surface area contributed by atoms with Crippen LogP contribution in [0.25, 0.3) is 0 Å². The highest BCUT2D eigenvalue weighted by Gasteiger charge is 2.16. The zero-order valence-corrected chi connectivity index (χ0v) is 14.1. The molecule has 1 nitrogen and oxygen atoms in total. The summed E-state index contributed by atoms with van der Waals surface area (Å²) in [4.78, 5) is 0. The minimum atomic E-state index is -0.394. The molecule has 0 amide bonds. The second-order valence-electron chi connectivity index (χ2n) is 5.43. The molecule has 2 aromatic carbocycles. The molecule has 2 rings (SSSR count). The molecule has 1 N–H and O–H groups in total. The maximum Gasteiger partial charge on any atom is 0.128 e. The molecule has 0 saturated heterocycles. The van der Waals surface area contributed by atoms with Gasteiger partial charge >= 0.3 is 0 Å². The van der Waals surface area contributed by atoms with Gasteiger partial charge in [-0.3, -0.25) is 0 Å². The second kappa shape index (κ2) is 6.14. The number of halogens is 3. The Morgan fingerprint density at radius 2 is 1.62 bits per heavy atom. The van der Waals surface area contributed by atoms with E-state index in [1.165, 1.54) is 12.1 Å². The zero-order valence-electron chi connectivity index (χ0n) is 12.5. The van der Waals surface area contributed by atoms with Crippen LogP contribution in [0, 0.1) is 32.4 Å². The third kappa shape index (κ3) is 3.43. The van der Waals surface area contributed by atoms with Gasteiger partial charge in [-0.1, -0.05) is 6.07 Å². The maximum atomic E-state index is 14.0. The van der Waals surface area contributed by atoms with Crippen molar-refractivity contribution in [3.05, 3.63) is 62.6 Å². The van der Waals surface area contributed by atoms with Crippen molar-refractivity contribution in [1.29, 1.82) is 0 Å². The monoisotopic (exact) mass is 353 g/mol. The van der Waals surface area contributed by atoms with Crippen LogP contribution >= 0.6 is 15.9 Å². The van der Waals surface area contributed by atoms with E-state index in [0.29, 0.717) is 11.1 Å². The van der Waals surface area contributed by atoms with Crippen molar-refractivity contribution in [1.82, 2.24) is 0 Å². The largest absolute Gasteiger partial charge is 0.377 e. The SMILES string of the molecule is Cc1cc(C)c(NC(C)c2cc(F)c(C)cc2F)c(Br)c1. The van der Waals surface area contributed by atoms with Gasteiger partial charge in [0.1, 0.15) is 11.6 Å². The molecule has 0 aliphatic rings. The lowest BCUT2D eigenvalue weighted by Crippen LogP contribution is -2.11. The number of benzene rings is 2. The Bertz CT molecular complexity index is 660.